The molecular formula is C15H22N4O2. The van der Waals surface area contributed by atoms with Gasteiger partial charge < -0.3 is 15.4 Å². The Morgan fingerprint density at radius 1 is 1.38 bits per heavy atom. The Labute approximate surface area is 124 Å². The fraction of sp³-hybridized carbons (Fsp3) is 0.600. The number of carbonyl (C=O) groups is 1. The number of nitrogens with two attached hydrogens (primary N) is 1. The molecule has 6 nitrogen and oxygen atoms in total. The van der Waals surface area contributed by atoms with Gasteiger partial charge in [0.05, 0.1) is 19.0 Å². The first-order valence-electron chi connectivity index (χ1n) is 7.52. The maximum Gasteiger partial charge on any atom is 0.341 e. The van der Waals surface area contributed by atoms with Gasteiger partial charge in [-0.3, -0.25) is 4.90 Å². The lowest BCUT2D eigenvalue weighted by atomic mass is 9.99. The maximum atomic E-state index is 12.0. The molecule has 2 N–H and O–H groups in total. The molecule has 2 saturated heterocycles. The number of piperidine rings is 1. The van der Waals surface area contributed by atoms with Crippen LogP contribution in [0.4, 0.5) is 11.5 Å². The zero-order valence-electron chi connectivity index (χ0n) is 12.4. The van der Waals surface area contributed by atoms with Gasteiger partial charge in [-0.2, -0.15) is 0 Å². The second kappa shape index (κ2) is 5.89. The van der Waals surface area contributed by atoms with E-state index in [0.29, 0.717) is 23.1 Å². The average molecular weight is 290 g/mol. The monoisotopic (exact) mass is 290 g/mol. The Bertz CT molecular complexity index is 534. The summed E-state index contributed by atoms with van der Waals surface area (Å²) in [4.78, 5) is 21.1. The zero-order chi connectivity index (χ0) is 14.8. The van der Waals surface area contributed by atoms with Crippen molar-refractivity contribution in [1.29, 1.82) is 0 Å². The topological polar surface area (TPSA) is 71.7 Å². The molecule has 1 atom stereocenters. The fourth-order valence-electron chi connectivity index (χ4n) is 3.33. The predicted octanol–water partition coefficient (Wildman–Crippen LogP) is 1.12. The molecule has 2 aliphatic heterocycles. The Morgan fingerprint density at radius 2 is 2.24 bits per heavy atom. The lowest BCUT2D eigenvalue weighted by molar-refractivity contribution is 0.0600. The zero-order valence-corrected chi connectivity index (χ0v) is 12.4. The van der Waals surface area contributed by atoms with Crippen LogP contribution in [-0.2, 0) is 4.74 Å². The van der Waals surface area contributed by atoms with Gasteiger partial charge in [-0.15, -0.1) is 0 Å². The molecule has 0 radical (unpaired) electrons. The van der Waals surface area contributed by atoms with E-state index in [0.717, 1.165) is 19.6 Å². The molecule has 114 valence electrons. The number of piperazine rings is 1. The highest BCUT2D eigenvalue weighted by Crippen LogP contribution is 2.27. The minimum atomic E-state index is -0.379. The first-order chi connectivity index (χ1) is 10.2. The minimum absolute atomic E-state index is 0.379. The number of hydrogen-bond acceptors (Lipinski definition) is 6. The van der Waals surface area contributed by atoms with Crippen LogP contribution in [0.15, 0.2) is 12.3 Å². The van der Waals surface area contributed by atoms with Gasteiger partial charge in [-0.05, 0) is 25.5 Å². The smallest absolute Gasteiger partial charge is 0.341 e. The van der Waals surface area contributed by atoms with Crippen molar-refractivity contribution < 1.29 is 9.53 Å². The number of methoxy groups -OCH3 is 1. The van der Waals surface area contributed by atoms with E-state index < -0.39 is 0 Å². The molecule has 0 aromatic carbocycles. The molecule has 0 bridgehead atoms. The van der Waals surface area contributed by atoms with E-state index in [1.807, 2.05) is 0 Å². The van der Waals surface area contributed by atoms with Gasteiger partial charge in [0.15, 0.2) is 0 Å². The standard InChI is InChI=1S/C15H22N4O2/c1-21-15(20)13-8-11(16)9-17-14(13)19-7-6-18-5-3-2-4-12(18)10-19/h8-9,12H,2-7,10,16H2,1H3. The molecule has 3 rings (SSSR count). The number of esters is 1. The molecule has 1 unspecified atom stereocenters. The number of anilines is 2. The number of pyridine rings is 1. The van der Waals surface area contributed by atoms with Crippen molar-refractivity contribution in [3.63, 3.8) is 0 Å². The largest absolute Gasteiger partial charge is 0.465 e. The highest BCUT2D eigenvalue weighted by molar-refractivity contribution is 5.95. The Hall–Kier alpha value is -1.82. The van der Waals surface area contributed by atoms with Crippen LogP contribution in [0.3, 0.4) is 0 Å². The summed E-state index contributed by atoms with van der Waals surface area (Å²) in [5, 5.41) is 0. The number of hydrogen-bond donors (Lipinski definition) is 1. The summed E-state index contributed by atoms with van der Waals surface area (Å²) < 4.78 is 4.86. The normalized spacial score (nSPS) is 22.7. The van der Waals surface area contributed by atoms with Gasteiger partial charge in [0.25, 0.3) is 0 Å². The predicted molar refractivity (Wildman–Crippen MR) is 81.4 cm³/mol. The van der Waals surface area contributed by atoms with Gasteiger partial charge in [0.2, 0.25) is 0 Å². The average Bonchev–Trinajstić information content (AvgIpc) is 2.53. The van der Waals surface area contributed by atoms with Crippen LogP contribution in [-0.4, -0.2) is 55.2 Å². The van der Waals surface area contributed by atoms with Crippen molar-refractivity contribution in [2.24, 2.45) is 0 Å². The molecule has 6 heteroatoms. The third kappa shape index (κ3) is 2.81. The van der Waals surface area contributed by atoms with Gasteiger partial charge in [-0.25, -0.2) is 9.78 Å². The van der Waals surface area contributed by atoms with Crippen molar-refractivity contribution in [2.45, 2.75) is 25.3 Å². The van der Waals surface area contributed by atoms with Crippen molar-refractivity contribution in [1.82, 2.24) is 9.88 Å². The van der Waals surface area contributed by atoms with E-state index in [1.54, 1.807) is 12.3 Å². The summed E-state index contributed by atoms with van der Waals surface area (Å²) in [5.41, 5.74) is 6.70. The van der Waals surface area contributed by atoms with Crippen LogP contribution in [0.25, 0.3) is 0 Å². The maximum absolute atomic E-state index is 12.0. The second-order valence-electron chi connectivity index (χ2n) is 5.76. The van der Waals surface area contributed by atoms with Crippen molar-refractivity contribution in [3.8, 4) is 0 Å². The summed E-state index contributed by atoms with van der Waals surface area (Å²) >= 11 is 0. The van der Waals surface area contributed by atoms with Gasteiger partial charge in [-0.1, -0.05) is 6.42 Å². The van der Waals surface area contributed by atoms with E-state index in [9.17, 15) is 4.79 Å². The van der Waals surface area contributed by atoms with Crippen LogP contribution in [0.2, 0.25) is 0 Å². The second-order valence-corrected chi connectivity index (χ2v) is 5.76. The number of rotatable bonds is 2. The SMILES string of the molecule is COC(=O)c1cc(N)cnc1N1CCN2CCCCC2C1. The van der Waals surface area contributed by atoms with Crippen LogP contribution in [0.5, 0.6) is 0 Å². The fourth-order valence-corrected chi connectivity index (χ4v) is 3.33. The van der Waals surface area contributed by atoms with E-state index in [-0.39, 0.29) is 5.97 Å². The number of ether oxygens (including phenoxy) is 1. The number of aromatic nitrogens is 1. The number of nitrogen functional groups attached to an aromatic ring is 1. The molecule has 1 aromatic rings. The van der Waals surface area contributed by atoms with E-state index in [4.69, 9.17) is 10.5 Å². The minimum Gasteiger partial charge on any atom is -0.465 e. The Kier molecular flexibility index (Phi) is 3.96. The summed E-state index contributed by atoms with van der Waals surface area (Å²) in [6, 6.07) is 2.22. The highest BCUT2D eigenvalue weighted by Gasteiger charge is 2.31. The molecule has 0 aliphatic carbocycles. The third-order valence-corrected chi connectivity index (χ3v) is 4.43. The molecule has 0 spiro atoms. The van der Waals surface area contributed by atoms with E-state index >= 15 is 0 Å². The number of nitrogens with zero attached hydrogens (tertiary/aromatic N) is 3. The summed E-state index contributed by atoms with van der Waals surface area (Å²) in [6.45, 7) is 4.02. The first-order valence-corrected chi connectivity index (χ1v) is 7.52. The van der Waals surface area contributed by atoms with Gasteiger partial charge in [0, 0.05) is 25.7 Å². The van der Waals surface area contributed by atoms with Crippen molar-refractivity contribution >= 4 is 17.5 Å². The quantitative estimate of drug-likeness (QED) is 0.823. The summed E-state index contributed by atoms with van der Waals surface area (Å²) in [7, 11) is 1.38. The van der Waals surface area contributed by atoms with E-state index in [2.05, 4.69) is 14.8 Å². The molecular weight excluding hydrogens is 268 g/mol. The molecule has 0 saturated carbocycles. The number of fused-ring (bicyclic) bond motifs is 1. The highest BCUT2D eigenvalue weighted by atomic mass is 16.5. The van der Waals surface area contributed by atoms with Crippen molar-refractivity contribution in [3.05, 3.63) is 17.8 Å². The van der Waals surface area contributed by atoms with Crippen molar-refractivity contribution in [2.75, 3.05) is 43.9 Å². The lowest BCUT2D eigenvalue weighted by Crippen LogP contribution is -2.55. The van der Waals surface area contributed by atoms with Crippen LogP contribution >= 0.6 is 0 Å². The third-order valence-electron chi connectivity index (χ3n) is 4.43. The lowest BCUT2D eigenvalue weighted by Gasteiger charge is -2.44. The van der Waals surface area contributed by atoms with Gasteiger partial charge in [0.1, 0.15) is 11.4 Å². The number of carbonyl (C=O) groups excluding carboxylic acids is 1. The van der Waals surface area contributed by atoms with Crippen LogP contribution in [0, 0.1) is 0 Å². The Balaban J connectivity index is 1.85. The van der Waals surface area contributed by atoms with Crippen LogP contribution in [0.1, 0.15) is 29.6 Å². The molecule has 1 aromatic heterocycles. The molecule has 2 aliphatic rings. The summed E-state index contributed by atoms with van der Waals surface area (Å²) in [6.07, 6.45) is 5.41. The first kappa shape index (κ1) is 14.1. The molecule has 3 heterocycles. The van der Waals surface area contributed by atoms with Gasteiger partial charge >= 0.3 is 5.97 Å². The summed E-state index contributed by atoms with van der Waals surface area (Å²) in [5.74, 6) is 0.317. The molecule has 2 fully saturated rings. The van der Waals surface area contributed by atoms with E-state index in [1.165, 1.54) is 32.9 Å². The Morgan fingerprint density at radius 3 is 3.05 bits per heavy atom. The molecule has 21 heavy (non-hydrogen) atoms. The molecule has 0 amide bonds. The van der Waals surface area contributed by atoms with Crippen LogP contribution < -0.4 is 10.6 Å².